The Hall–Kier alpha value is -0.140. The highest BCUT2D eigenvalue weighted by molar-refractivity contribution is 9.11. The summed E-state index contributed by atoms with van der Waals surface area (Å²) in [5.41, 5.74) is 8.27. The molecular formula is C15H21Br2N3O. The van der Waals surface area contributed by atoms with E-state index >= 15 is 0 Å². The summed E-state index contributed by atoms with van der Waals surface area (Å²) in [6, 6.07) is 4.39. The maximum atomic E-state index is 6.06. The fraction of sp³-hybridized carbons (Fsp3) is 0.600. The van der Waals surface area contributed by atoms with Gasteiger partial charge in [-0.05, 0) is 75.5 Å². The lowest BCUT2D eigenvalue weighted by molar-refractivity contribution is -0.0376. The Morgan fingerprint density at radius 3 is 2.24 bits per heavy atom. The standard InChI is InChI=1S/C15H21Br2N3O/c16-12-9-11(10-13(17)14(12)18)15(1-3-19-4-2-15)20-5-7-21-8-6-20/h9-10,19H,1-8,18H2. The van der Waals surface area contributed by atoms with Crippen LogP contribution in [0, 0.1) is 0 Å². The van der Waals surface area contributed by atoms with Crippen molar-refractivity contribution in [1.82, 2.24) is 10.2 Å². The summed E-state index contributed by atoms with van der Waals surface area (Å²) >= 11 is 7.20. The van der Waals surface area contributed by atoms with Gasteiger partial charge in [-0.2, -0.15) is 0 Å². The second kappa shape index (κ2) is 6.54. The van der Waals surface area contributed by atoms with Gasteiger partial charge in [-0.3, -0.25) is 4.90 Å². The monoisotopic (exact) mass is 417 g/mol. The van der Waals surface area contributed by atoms with E-state index in [0.717, 1.165) is 66.9 Å². The Bertz CT molecular complexity index is 489. The number of hydrogen-bond donors (Lipinski definition) is 2. The first-order valence-corrected chi connectivity index (χ1v) is 9.00. The highest BCUT2D eigenvalue weighted by Gasteiger charge is 2.40. The molecule has 0 radical (unpaired) electrons. The minimum atomic E-state index is 0.0910. The van der Waals surface area contributed by atoms with Crippen molar-refractivity contribution in [3.05, 3.63) is 26.6 Å². The summed E-state index contributed by atoms with van der Waals surface area (Å²) in [7, 11) is 0. The normalized spacial score (nSPS) is 23.1. The van der Waals surface area contributed by atoms with Crippen molar-refractivity contribution in [3.8, 4) is 0 Å². The number of morpholine rings is 1. The van der Waals surface area contributed by atoms with Crippen molar-refractivity contribution in [2.24, 2.45) is 0 Å². The van der Waals surface area contributed by atoms with Crippen LogP contribution in [0.3, 0.4) is 0 Å². The lowest BCUT2D eigenvalue weighted by Crippen LogP contribution is -2.55. The summed E-state index contributed by atoms with van der Waals surface area (Å²) in [4.78, 5) is 2.60. The molecule has 0 amide bonds. The van der Waals surface area contributed by atoms with Gasteiger partial charge in [-0.15, -0.1) is 0 Å². The van der Waals surface area contributed by atoms with Gasteiger partial charge in [0.25, 0.3) is 0 Å². The molecule has 0 atom stereocenters. The van der Waals surface area contributed by atoms with Gasteiger partial charge in [0.15, 0.2) is 0 Å². The molecule has 3 rings (SSSR count). The predicted octanol–water partition coefficient (Wildman–Crippen LogP) is 2.70. The first-order chi connectivity index (χ1) is 10.1. The number of piperidine rings is 1. The maximum Gasteiger partial charge on any atom is 0.0603 e. The van der Waals surface area contributed by atoms with E-state index in [9.17, 15) is 0 Å². The first kappa shape index (κ1) is 15.7. The molecule has 2 fully saturated rings. The van der Waals surface area contributed by atoms with E-state index in [4.69, 9.17) is 10.5 Å². The average Bonchev–Trinajstić information content (AvgIpc) is 2.53. The van der Waals surface area contributed by atoms with Gasteiger partial charge in [0.2, 0.25) is 0 Å². The number of rotatable bonds is 2. The number of benzene rings is 1. The molecule has 116 valence electrons. The number of halogens is 2. The summed E-state index contributed by atoms with van der Waals surface area (Å²) in [5.74, 6) is 0. The van der Waals surface area contributed by atoms with E-state index < -0.39 is 0 Å². The maximum absolute atomic E-state index is 6.06. The van der Waals surface area contributed by atoms with Gasteiger partial charge in [0, 0.05) is 27.6 Å². The second-order valence-electron chi connectivity index (χ2n) is 5.73. The number of nitrogens with one attached hydrogen (secondary N) is 1. The molecule has 2 saturated heterocycles. The van der Waals surface area contributed by atoms with Gasteiger partial charge >= 0.3 is 0 Å². The summed E-state index contributed by atoms with van der Waals surface area (Å²) in [5, 5.41) is 3.48. The van der Waals surface area contributed by atoms with Crippen LogP contribution in [0.4, 0.5) is 5.69 Å². The average molecular weight is 419 g/mol. The first-order valence-electron chi connectivity index (χ1n) is 7.42. The minimum absolute atomic E-state index is 0.0910. The van der Waals surface area contributed by atoms with Gasteiger partial charge in [0.05, 0.1) is 18.9 Å². The molecule has 3 N–H and O–H groups in total. The van der Waals surface area contributed by atoms with Gasteiger partial charge in [0.1, 0.15) is 0 Å². The van der Waals surface area contributed by atoms with Crippen LogP contribution < -0.4 is 11.1 Å². The third-order valence-corrected chi connectivity index (χ3v) is 5.98. The van der Waals surface area contributed by atoms with Crippen LogP contribution in [0.1, 0.15) is 18.4 Å². The Balaban J connectivity index is 2.02. The summed E-state index contributed by atoms with van der Waals surface area (Å²) < 4.78 is 7.48. The van der Waals surface area contributed by atoms with Gasteiger partial charge in [-0.25, -0.2) is 0 Å². The molecule has 0 aliphatic carbocycles. The zero-order chi connectivity index (χ0) is 14.9. The molecule has 0 aromatic heterocycles. The van der Waals surface area contributed by atoms with E-state index in [1.165, 1.54) is 5.56 Å². The van der Waals surface area contributed by atoms with Crippen molar-refractivity contribution < 1.29 is 4.74 Å². The van der Waals surface area contributed by atoms with E-state index in [1.54, 1.807) is 0 Å². The molecule has 2 aliphatic heterocycles. The number of anilines is 1. The molecule has 2 aliphatic rings. The van der Waals surface area contributed by atoms with Crippen molar-refractivity contribution in [2.75, 3.05) is 45.1 Å². The van der Waals surface area contributed by atoms with Crippen LogP contribution in [0.5, 0.6) is 0 Å². The minimum Gasteiger partial charge on any atom is -0.397 e. The molecular weight excluding hydrogens is 398 g/mol. The molecule has 4 nitrogen and oxygen atoms in total. The Labute approximate surface area is 142 Å². The molecule has 0 unspecified atom stereocenters. The lowest BCUT2D eigenvalue weighted by atomic mass is 9.79. The van der Waals surface area contributed by atoms with Gasteiger partial charge in [-0.1, -0.05) is 0 Å². The third kappa shape index (κ3) is 3.01. The lowest BCUT2D eigenvalue weighted by Gasteiger charge is -2.48. The van der Waals surface area contributed by atoms with Crippen LogP contribution in [-0.4, -0.2) is 44.3 Å². The van der Waals surface area contributed by atoms with E-state index in [2.05, 4.69) is 54.2 Å². The molecule has 0 saturated carbocycles. The predicted molar refractivity (Wildman–Crippen MR) is 92.4 cm³/mol. The summed E-state index contributed by atoms with van der Waals surface area (Å²) in [6.45, 7) is 5.76. The Morgan fingerprint density at radius 2 is 1.67 bits per heavy atom. The van der Waals surface area contributed by atoms with E-state index in [0.29, 0.717) is 0 Å². The largest absolute Gasteiger partial charge is 0.397 e. The van der Waals surface area contributed by atoms with Crippen molar-refractivity contribution in [3.63, 3.8) is 0 Å². The fourth-order valence-corrected chi connectivity index (χ4v) is 4.66. The number of nitrogen functional groups attached to an aromatic ring is 1. The van der Waals surface area contributed by atoms with Crippen LogP contribution in [0.15, 0.2) is 21.1 Å². The molecule has 21 heavy (non-hydrogen) atoms. The van der Waals surface area contributed by atoms with Crippen molar-refractivity contribution in [1.29, 1.82) is 0 Å². The molecule has 1 aromatic carbocycles. The van der Waals surface area contributed by atoms with Crippen LogP contribution >= 0.6 is 31.9 Å². The Morgan fingerprint density at radius 1 is 1.10 bits per heavy atom. The molecule has 0 spiro atoms. The molecule has 1 aromatic rings. The second-order valence-corrected chi connectivity index (χ2v) is 7.44. The highest BCUT2D eigenvalue weighted by atomic mass is 79.9. The molecule has 2 heterocycles. The Kier molecular flexibility index (Phi) is 4.90. The number of nitrogens with two attached hydrogens (primary N) is 1. The SMILES string of the molecule is Nc1c(Br)cc(C2(N3CCOCC3)CCNCC2)cc1Br. The van der Waals surface area contributed by atoms with E-state index in [1.807, 2.05) is 0 Å². The number of nitrogens with zero attached hydrogens (tertiary/aromatic N) is 1. The highest BCUT2D eigenvalue weighted by Crippen LogP contribution is 2.41. The molecule has 6 heteroatoms. The quantitative estimate of drug-likeness (QED) is 0.725. The smallest absolute Gasteiger partial charge is 0.0603 e. The topological polar surface area (TPSA) is 50.5 Å². The fourth-order valence-electron chi connectivity index (χ4n) is 3.47. The number of hydrogen-bond acceptors (Lipinski definition) is 4. The van der Waals surface area contributed by atoms with Crippen LogP contribution in [0.25, 0.3) is 0 Å². The van der Waals surface area contributed by atoms with Crippen molar-refractivity contribution >= 4 is 37.5 Å². The van der Waals surface area contributed by atoms with Crippen LogP contribution in [0.2, 0.25) is 0 Å². The number of ether oxygens (including phenoxy) is 1. The molecule has 0 bridgehead atoms. The summed E-state index contributed by atoms with van der Waals surface area (Å²) in [6.07, 6.45) is 2.24. The third-order valence-electron chi connectivity index (χ3n) is 4.66. The van der Waals surface area contributed by atoms with Crippen molar-refractivity contribution in [2.45, 2.75) is 18.4 Å². The van der Waals surface area contributed by atoms with Gasteiger partial charge < -0.3 is 15.8 Å². The van der Waals surface area contributed by atoms with Crippen LogP contribution in [-0.2, 0) is 10.3 Å². The zero-order valence-electron chi connectivity index (χ0n) is 12.0. The van der Waals surface area contributed by atoms with E-state index in [-0.39, 0.29) is 5.54 Å². The zero-order valence-corrected chi connectivity index (χ0v) is 15.2.